The first-order valence-corrected chi connectivity index (χ1v) is 5.82. The summed E-state index contributed by atoms with van der Waals surface area (Å²) in [5.41, 5.74) is -0.831. The number of halogens is 2. The summed E-state index contributed by atoms with van der Waals surface area (Å²) in [6.07, 6.45) is 0.323. The van der Waals surface area contributed by atoms with Gasteiger partial charge in [0.2, 0.25) is 5.91 Å². The molecule has 0 aromatic heterocycles. The molecule has 1 saturated heterocycles. The molecular weight excluding hydrogens is 240 g/mol. The van der Waals surface area contributed by atoms with Crippen molar-refractivity contribution in [3.05, 3.63) is 35.4 Å². The summed E-state index contributed by atoms with van der Waals surface area (Å²) in [6.45, 7) is 2.34. The van der Waals surface area contributed by atoms with Crippen LogP contribution in [0, 0.1) is 11.6 Å². The van der Waals surface area contributed by atoms with Crippen LogP contribution in [0.1, 0.15) is 18.9 Å². The first-order chi connectivity index (χ1) is 8.39. The van der Waals surface area contributed by atoms with Gasteiger partial charge >= 0.3 is 0 Å². The zero-order chi connectivity index (χ0) is 13.3. The number of benzene rings is 1. The number of likely N-dealkylation sites (tertiary alicyclic amines) is 1. The van der Waals surface area contributed by atoms with E-state index >= 15 is 0 Å². The highest BCUT2D eigenvalue weighted by Crippen LogP contribution is 2.21. The van der Waals surface area contributed by atoms with E-state index in [-0.39, 0.29) is 24.4 Å². The Kier molecular flexibility index (Phi) is 3.34. The van der Waals surface area contributed by atoms with Gasteiger partial charge in [0, 0.05) is 18.7 Å². The zero-order valence-electron chi connectivity index (χ0n) is 10.1. The number of hydrogen-bond donors (Lipinski definition) is 1. The van der Waals surface area contributed by atoms with Crippen LogP contribution in [0.2, 0.25) is 0 Å². The van der Waals surface area contributed by atoms with Crippen molar-refractivity contribution in [3.63, 3.8) is 0 Å². The summed E-state index contributed by atoms with van der Waals surface area (Å²) in [5, 5.41) is 9.75. The van der Waals surface area contributed by atoms with Crippen molar-refractivity contribution in [3.8, 4) is 0 Å². The van der Waals surface area contributed by atoms with E-state index in [1.807, 2.05) is 0 Å². The third-order valence-electron chi connectivity index (χ3n) is 3.18. The van der Waals surface area contributed by atoms with Gasteiger partial charge in [0.05, 0.1) is 12.0 Å². The quantitative estimate of drug-likeness (QED) is 0.869. The molecule has 1 N–H and O–H groups in total. The third kappa shape index (κ3) is 2.67. The molecule has 0 spiro atoms. The number of carbonyl (C=O) groups excluding carboxylic acids is 1. The maximum absolute atomic E-state index is 13.4. The van der Waals surface area contributed by atoms with Crippen LogP contribution in [0.5, 0.6) is 0 Å². The Balaban J connectivity index is 2.06. The molecule has 1 aromatic carbocycles. The van der Waals surface area contributed by atoms with E-state index in [1.165, 1.54) is 17.0 Å². The Hall–Kier alpha value is -1.49. The number of β-amino-alcohol motifs (C(OH)–C–C–N with tert-alkyl or cyclic N) is 1. The van der Waals surface area contributed by atoms with Crippen molar-refractivity contribution in [1.82, 2.24) is 4.90 Å². The van der Waals surface area contributed by atoms with Gasteiger partial charge < -0.3 is 10.0 Å². The van der Waals surface area contributed by atoms with Gasteiger partial charge in [0.25, 0.3) is 0 Å². The van der Waals surface area contributed by atoms with Crippen LogP contribution in [0.3, 0.4) is 0 Å². The van der Waals surface area contributed by atoms with E-state index < -0.39 is 17.2 Å². The zero-order valence-corrected chi connectivity index (χ0v) is 10.1. The molecule has 0 aliphatic carbocycles. The molecule has 1 atom stereocenters. The molecule has 98 valence electrons. The second-order valence-corrected chi connectivity index (χ2v) is 4.95. The summed E-state index contributed by atoms with van der Waals surface area (Å²) >= 11 is 0. The standard InChI is InChI=1S/C13H15F2NO2/c1-13(18)5-6-16(8-13)11(17)7-9-3-2-4-10(14)12(9)15/h2-4,18H,5-8H2,1H3. The second-order valence-electron chi connectivity index (χ2n) is 4.95. The highest BCUT2D eigenvalue weighted by Gasteiger charge is 2.33. The fourth-order valence-electron chi connectivity index (χ4n) is 2.12. The van der Waals surface area contributed by atoms with Crippen LogP contribution in [0.4, 0.5) is 8.78 Å². The molecule has 1 aromatic rings. The predicted octanol–water partition coefficient (Wildman–Crippen LogP) is 1.49. The summed E-state index contributed by atoms with van der Waals surface area (Å²) in [6, 6.07) is 3.79. The van der Waals surface area contributed by atoms with Crippen LogP contribution in [-0.2, 0) is 11.2 Å². The van der Waals surface area contributed by atoms with Crippen LogP contribution in [0.15, 0.2) is 18.2 Å². The normalized spacial score (nSPS) is 23.4. The Morgan fingerprint density at radius 1 is 1.50 bits per heavy atom. The number of aliphatic hydroxyl groups is 1. The van der Waals surface area contributed by atoms with E-state index in [2.05, 4.69) is 0 Å². The molecule has 1 unspecified atom stereocenters. The van der Waals surface area contributed by atoms with Gasteiger partial charge in [-0.25, -0.2) is 8.78 Å². The predicted molar refractivity (Wildman–Crippen MR) is 61.9 cm³/mol. The lowest BCUT2D eigenvalue weighted by Gasteiger charge is -2.19. The smallest absolute Gasteiger partial charge is 0.227 e. The summed E-state index contributed by atoms with van der Waals surface area (Å²) in [4.78, 5) is 13.4. The minimum atomic E-state index is -0.975. The topological polar surface area (TPSA) is 40.5 Å². The van der Waals surface area contributed by atoms with E-state index in [9.17, 15) is 18.7 Å². The van der Waals surface area contributed by atoms with Crippen molar-refractivity contribution < 1.29 is 18.7 Å². The van der Waals surface area contributed by atoms with Crippen molar-refractivity contribution in [2.75, 3.05) is 13.1 Å². The maximum atomic E-state index is 13.4. The molecule has 0 saturated carbocycles. The summed E-state index contributed by atoms with van der Waals surface area (Å²) in [5.74, 6) is -2.22. The molecule has 3 nitrogen and oxygen atoms in total. The van der Waals surface area contributed by atoms with E-state index in [1.54, 1.807) is 6.92 Å². The van der Waals surface area contributed by atoms with Crippen LogP contribution in [-0.4, -0.2) is 34.6 Å². The molecular formula is C13H15F2NO2. The van der Waals surface area contributed by atoms with Crippen LogP contribution in [0.25, 0.3) is 0 Å². The molecule has 18 heavy (non-hydrogen) atoms. The lowest BCUT2D eigenvalue weighted by Crippen LogP contribution is -2.34. The van der Waals surface area contributed by atoms with Gasteiger partial charge in [-0.3, -0.25) is 4.79 Å². The summed E-state index contributed by atoms with van der Waals surface area (Å²) in [7, 11) is 0. The van der Waals surface area contributed by atoms with Crippen molar-refractivity contribution in [1.29, 1.82) is 0 Å². The molecule has 0 radical (unpaired) electrons. The largest absolute Gasteiger partial charge is 0.388 e. The van der Waals surface area contributed by atoms with Crippen LogP contribution < -0.4 is 0 Å². The molecule has 1 aliphatic heterocycles. The Labute approximate surface area is 104 Å². The van der Waals surface area contributed by atoms with Gasteiger partial charge in [-0.05, 0) is 19.4 Å². The van der Waals surface area contributed by atoms with E-state index in [0.29, 0.717) is 13.0 Å². The number of hydrogen-bond acceptors (Lipinski definition) is 2. The summed E-state index contributed by atoms with van der Waals surface area (Å²) < 4.78 is 26.4. The number of rotatable bonds is 2. The lowest BCUT2D eigenvalue weighted by molar-refractivity contribution is -0.130. The molecule has 0 bridgehead atoms. The molecule has 1 heterocycles. The van der Waals surface area contributed by atoms with Gasteiger partial charge in [-0.1, -0.05) is 12.1 Å². The van der Waals surface area contributed by atoms with Gasteiger partial charge in [-0.2, -0.15) is 0 Å². The lowest BCUT2D eigenvalue weighted by atomic mass is 10.1. The van der Waals surface area contributed by atoms with Crippen molar-refractivity contribution in [2.24, 2.45) is 0 Å². The minimum Gasteiger partial charge on any atom is -0.388 e. The molecule has 1 fully saturated rings. The third-order valence-corrected chi connectivity index (χ3v) is 3.18. The number of amides is 1. The fourth-order valence-corrected chi connectivity index (χ4v) is 2.12. The highest BCUT2D eigenvalue weighted by molar-refractivity contribution is 5.79. The Bertz CT molecular complexity index is 474. The van der Waals surface area contributed by atoms with E-state index in [4.69, 9.17) is 0 Å². The van der Waals surface area contributed by atoms with Crippen molar-refractivity contribution >= 4 is 5.91 Å². The molecule has 1 aliphatic rings. The SMILES string of the molecule is CC1(O)CCN(C(=O)Cc2cccc(F)c2F)C1. The van der Waals surface area contributed by atoms with Crippen molar-refractivity contribution in [2.45, 2.75) is 25.4 Å². The maximum Gasteiger partial charge on any atom is 0.227 e. The number of carbonyl (C=O) groups is 1. The average Bonchev–Trinajstić information content (AvgIpc) is 2.65. The molecule has 2 rings (SSSR count). The second kappa shape index (κ2) is 4.65. The number of nitrogens with zero attached hydrogens (tertiary/aromatic N) is 1. The van der Waals surface area contributed by atoms with E-state index in [0.717, 1.165) is 6.07 Å². The monoisotopic (exact) mass is 255 g/mol. The van der Waals surface area contributed by atoms with Gasteiger partial charge in [0.1, 0.15) is 0 Å². The average molecular weight is 255 g/mol. The fraction of sp³-hybridized carbons (Fsp3) is 0.462. The van der Waals surface area contributed by atoms with Gasteiger partial charge in [0.15, 0.2) is 11.6 Å². The highest BCUT2D eigenvalue weighted by atomic mass is 19.2. The Morgan fingerprint density at radius 2 is 2.22 bits per heavy atom. The van der Waals surface area contributed by atoms with Crippen LogP contribution >= 0.6 is 0 Å². The minimum absolute atomic E-state index is 0.0477. The Morgan fingerprint density at radius 3 is 2.83 bits per heavy atom. The first kappa shape index (κ1) is 13.0. The molecule has 5 heteroatoms. The van der Waals surface area contributed by atoms with Gasteiger partial charge in [-0.15, -0.1) is 0 Å². The first-order valence-electron chi connectivity index (χ1n) is 5.82. The molecule has 1 amide bonds.